The van der Waals surface area contributed by atoms with Crippen molar-refractivity contribution in [2.75, 3.05) is 0 Å². The Hall–Kier alpha value is -1.07. The van der Waals surface area contributed by atoms with Crippen LogP contribution < -0.4 is 4.72 Å². The van der Waals surface area contributed by atoms with Gasteiger partial charge in [0.2, 0.25) is 10.0 Å². The molecule has 2 rings (SSSR count). The molecule has 0 saturated carbocycles. The lowest BCUT2D eigenvalue weighted by Gasteiger charge is -2.18. The third kappa shape index (κ3) is 3.82. The maximum absolute atomic E-state index is 12.5. The predicted octanol–water partition coefficient (Wildman–Crippen LogP) is 4.65. The highest BCUT2D eigenvalue weighted by Crippen LogP contribution is 2.27. The van der Waals surface area contributed by atoms with Crippen molar-refractivity contribution >= 4 is 33.2 Å². The van der Waals surface area contributed by atoms with Crippen molar-refractivity contribution in [1.82, 2.24) is 4.72 Å². The van der Waals surface area contributed by atoms with Crippen molar-refractivity contribution in [2.45, 2.75) is 31.7 Å². The van der Waals surface area contributed by atoms with Gasteiger partial charge >= 0.3 is 0 Å². The van der Waals surface area contributed by atoms with Crippen LogP contribution in [0.3, 0.4) is 0 Å². The maximum Gasteiger partial charge on any atom is 0.242 e. The number of rotatable bonds is 4. The molecule has 6 heteroatoms. The summed E-state index contributed by atoms with van der Waals surface area (Å²) in [5, 5.41) is 0.466. The monoisotopic (exact) mass is 357 g/mol. The van der Waals surface area contributed by atoms with E-state index < -0.39 is 10.0 Å². The Balaban J connectivity index is 2.34. The topological polar surface area (TPSA) is 46.2 Å². The molecule has 2 aromatic rings. The van der Waals surface area contributed by atoms with E-state index >= 15 is 0 Å². The van der Waals surface area contributed by atoms with Gasteiger partial charge < -0.3 is 0 Å². The van der Waals surface area contributed by atoms with Crippen LogP contribution in [0.5, 0.6) is 0 Å². The van der Waals surface area contributed by atoms with Crippen molar-refractivity contribution < 1.29 is 8.42 Å². The molecule has 0 aromatic heterocycles. The number of sulfonamides is 1. The van der Waals surface area contributed by atoms with Gasteiger partial charge in [0.1, 0.15) is 4.90 Å². The van der Waals surface area contributed by atoms with Crippen LogP contribution in [0.25, 0.3) is 0 Å². The molecule has 0 aliphatic heterocycles. The standard InChI is InChI=1S/C16H17Cl2NO2S/c1-10-4-6-14(11(2)8-10)12(3)19-22(20,21)16-9-13(17)5-7-15(16)18/h4-9,12,19H,1-3H3. The molecule has 1 N–H and O–H groups in total. The van der Waals surface area contributed by atoms with Gasteiger partial charge in [-0.1, -0.05) is 47.0 Å². The molecule has 0 radical (unpaired) electrons. The highest BCUT2D eigenvalue weighted by atomic mass is 35.5. The molecule has 0 bridgehead atoms. The van der Waals surface area contributed by atoms with Crippen LogP contribution in [0.4, 0.5) is 0 Å². The molecule has 0 saturated heterocycles. The fourth-order valence-electron chi connectivity index (χ4n) is 2.35. The van der Waals surface area contributed by atoms with Crippen LogP contribution in [0.2, 0.25) is 10.0 Å². The Labute approximate surface area is 141 Å². The van der Waals surface area contributed by atoms with E-state index in [0.29, 0.717) is 5.02 Å². The predicted molar refractivity (Wildman–Crippen MR) is 91.1 cm³/mol. The summed E-state index contributed by atoms with van der Waals surface area (Å²) in [7, 11) is -3.75. The second kappa shape index (κ2) is 6.59. The van der Waals surface area contributed by atoms with Gasteiger partial charge in [-0.05, 0) is 50.1 Å². The molecule has 1 atom stereocenters. The van der Waals surface area contributed by atoms with Gasteiger partial charge in [-0.25, -0.2) is 13.1 Å². The first kappa shape index (κ1) is 17.3. The molecule has 0 spiro atoms. The molecule has 0 aliphatic rings. The minimum absolute atomic E-state index is 0.0155. The van der Waals surface area contributed by atoms with Crippen molar-refractivity contribution in [3.63, 3.8) is 0 Å². The zero-order chi connectivity index (χ0) is 16.5. The fourth-order valence-corrected chi connectivity index (χ4v) is 4.34. The molecule has 2 aromatic carbocycles. The molecule has 0 fully saturated rings. The average Bonchev–Trinajstić information content (AvgIpc) is 2.40. The number of hydrogen-bond donors (Lipinski definition) is 1. The summed E-state index contributed by atoms with van der Waals surface area (Å²) in [6.45, 7) is 5.75. The Morgan fingerprint density at radius 1 is 1.05 bits per heavy atom. The molecule has 0 aliphatic carbocycles. The number of halogens is 2. The summed E-state index contributed by atoms with van der Waals surface area (Å²) >= 11 is 11.9. The Morgan fingerprint density at radius 2 is 1.73 bits per heavy atom. The van der Waals surface area contributed by atoms with Crippen molar-refractivity contribution in [2.24, 2.45) is 0 Å². The van der Waals surface area contributed by atoms with E-state index in [1.807, 2.05) is 32.0 Å². The summed E-state index contributed by atoms with van der Waals surface area (Å²) in [6, 6.07) is 9.90. The second-order valence-corrected chi connectivity index (χ2v) is 7.80. The maximum atomic E-state index is 12.5. The highest BCUT2D eigenvalue weighted by molar-refractivity contribution is 7.89. The number of benzene rings is 2. The quantitative estimate of drug-likeness (QED) is 0.865. The normalized spacial score (nSPS) is 13.1. The first-order valence-electron chi connectivity index (χ1n) is 6.75. The lowest BCUT2D eigenvalue weighted by atomic mass is 10.0. The van der Waals surface area contributed by atoms with E-state index in [-0.39, 0.29) is 16.0 Å². The summed E-state index contributed by atoms with van der Waals surface area (Å²) in [4.78, 5) is -0.0155. The van der Waals surface area contributed by atoms with Gasteiger partial charge in [0.15, 0.2) is 0 Å². The minimum atomic E-state index is -3.75. The third-order valence-corrected chi connectivity index (χ3v) is 5.66. The summed E-state index contributed by atoms with van der Waals surface area (Å²) < 4.78 is 27.7. The van der Waals surface area contributed by atoms with E-state index in [1.54, 1.807) is 13.0 Å². The van der Waals surface area contributed by atoms with Gasteiger partial charge in [-0.3, -0.25) is 0 Å². The first-order chi connectivity index (χ1) is 10.2. The average molecular weight is 358 g/mol. The molecule has 3 nitrogen and oxygen atoms in total. The van der Waals surface area contributed by atoms with Crippen molar-refractivity contribution in [3.05, 3.63) is 63.1 Å². The van der Waals surface area contributed by atoms with Gasteiger partial charge in [0.25, 0.3) is 0 Å². The molecule has 0 amide bonds. The Kier molecular flexibility index (Phi) is 5.17. The van der Waals surface area contributed by atoms with Crippen molar-refractivity contribution in [3.8, 4) is 0 Å². The Morgan fingerprint density at radius 3 is 2.36 bits per heavy atom. The molecule has 0 heterocycles. The van der Waals surface area contributed by atoms with Crippen LogP contribution in [-0.2, 0) is 10.0 Å². The lowest BCUT2D eigenvalue weighted by Crippen LogP contribution is -2.27. The first-order valence-corrected chi connectivity index (χ1v) is 8.99. The van der Waals surface area contributed by atoms with Crippen LogP contribution in [0.15, 0.2) is 41.3 Å². The fraction of sp³-hybridized carbons (Fsp3) is 0.250. The van der Waals surface area contributed by atoms with Gasteiger partial charge in [-0.2, -0.15) is 0 Å². The molecular weight excluding hydrogens is 341 g/mol. The number of hydrogen-bond acceptors (Lipinski definition) is 2. The van der Waals surface area contributed by atoms with Crippen LogP contribution >= 0.6 is 23.2 Å². The van der Waals surface area contributed by atoms with Gasteiger partial charge in [-0.15, -0.1) is 0 Å². The van der Waals surface area contributed by atoms with Crippen molar-refractivity contribution in [1.29, 1.82) is 0 Å². The van der Waals surface area contributed by atoms with E-state index in [9.17, 15) is 8.42 Å². The van der Waals surface area contributed by atoms with Crippen LogP contribution in [0, 0.1) is 13.8 Å². The lowest BCUT2D eigenvalue weighted by molar-refractivity contribution is 0.566. The van der Waals surface area contributed by atoms with E-state index in [1.165, 1.54) is 12.1 Å². The molecule has 22 heavy (non-hydrogen) atoms. The smallest absolute Gasteiger partial charge is 0.207 e. The summed E-state index contributed by atoms with van der Waals surface area (Å²) in [5.74, 6) is 0. The minimum Gasteiger partial charge on any atom is -0.207 e. The van der Waals surface area contributed by atoms with Crippen LogP contribution in [0.1, 0.15) is 29.7 Å². The van der Waals surface area contributed by atoms with E-state index in [2.05, 4.69) is 4.72 Å². The third-order valence-electron chi connectivity index (χ3n) is 3.41. The zero-order valence-corrected chi connectivity index (χ0v) is 14.9. The highest BCUT2D eigenvalue weighted by Gasteiger charge is 2.22. The second-order valence-electron chi connectivity index (χ2n) is 5.28. The molecular formula is C16H17Cl2NO2S. The van der Waals surface area contributed by atoms with E-state index in [4.69, 9.17) is 23.2 Å². The molecule has 1 unspecified atom stereocenters. The van der Waals surface area contributed by atoms with Gasteiger partial charge in [0, 0.05) is 11.1 Å². The summed E-state index contributed by atoms with van der Waals surface area (Å²) in [5.41, 5.74) is 3.09. The largest absolute Gasteiger partial charge is 0.242 e. The Bertz CT molecular complexity index is 804. The van der Waals surface area contributed by atoms with E-state index in [0.717, 1.165) is 16.7 Å². The SMILES string of the molecule is Cc1ccc(C(C)NS(=O)(=O)c2cc(Cl)ccc2Cl)c(C)c1. The number of aryl methyl sites for hydroxylation is 2. The number of nitrogens with one attached hydrogen (secondary N) is 1. The summed E-state index contributed by atoms with van der Waals surface area (Å²) in [6.07, 6.45) is 0. The van der Waals surface area contributed by atoms with Crippen LogP contribution in [-0.4, -0.2) is 8.42 Å². The van der Waals surface area contributed by atoms with Gasteiger partial charge in [0.05, 0.1) is 5.02 Å². The molecule has 118 valence electrons. The zero-order valence-electron chi connectivity index (χ0n) is 12.5.